The van der Waals surface area contributed by atoms with Crippen LogP contribution in [-0.2, 0) is 4.79 Å². The molecule has 0 aliphatic heterocycles. The first-order valence-electron chi connectivity index (χ1n) is 8.21. The lowest BCUT2D eigenvalue weighted by molar-refractivity contribution is -0.118. The van der Waals surface area contributed by atoms with Crippen LogP contribution in [0.4, 0.5) is 5.69 Å². The van der Waals surface area contributed by atoms with Crippen LogP contribution in [0.5, 0.6) is 5.75 Å². The molecule has 0 bridgehead atoms. The van der Waals surface area contributed by atoms with E-state index in [4.69, 9.17) is 4.74 Å². The zero-order valence-corrected chi connectivity index (χ0v) is 14.5. The summed E-state index contributed by atoms with van der Waals surface area (Å²) in [6.07, 6.45) is 1.73. The standard InChI is InChI=1S/C19H22N4O2/c1-12(2)21-18(13-4-7-16(25-3)8-5-13)19(24)22-15-6-9-17-14(10-15)11-20-23-17/h4-12,18,21H,1-3H3,(H,20,23)(H,22,24). The minimum Gasteiger partial charge on any atom is -0.497 e. The van der Waals surface area contributed by atoms with E-state index in [2.05, 4.69) is 20.8 Å². The van der Waals surface area contributed by atoms with Gasteiger partial charge in [0.25, 0.3) is 0 Å². The Morgan fingerprint density at radius 1 is 1.16 bits per heavy atom. The number of nitrogens with zero attached hydrogens (tertiary/aromatic N) is 1. The number of H-pyrrole nitrogens is 1. The molecule has 0 aliphatic carbocycles. The number of benzene rings is 2. The Hall–Kier alpha value is -2.86. The van der Waals surface area contributed by atoms with E-state index >= 15 is 0 Å². The number of rotatable bonds is 6. The summed E-state index contributed by atoms with van der Waals surface area (Å²) in [5.41, 5.74) is 2.56. The summed E-state index contributed by atoms with van der Waals surface area (Å²) in [6.45, 7) is 4.03. The predicted molar refractivity (Wildman–Crippen MR) is 98.7 cm³/mol. The third-order valence-electron chi connectivity index (χ3n) is 3.92. The predicted octanol–water partition coefficient (Wildman–Crippen LogP) is 3.25. The van der Waals surface area contributed by atoms with Gasteiger partial charge in [0.1, 0.15) is 11.8 Å². The molecule has 1 atom stereocenters. The Morgan fingerprint density at radius 2 is 1.92 bits per heavy atom. The Morgan fingerprint density at radius 3 is 2.60 bits per heavy atom. The monoisotopic (exact) mass is 338 g/mol. The van der Waals surface area contributed by atoms with Crippen LogP contribution in [0.15, 0.2) is 48.7 Å². The van der Waals surface area contributed by atoms with Crippen molar-refractivity contribution < 1.29 is 9.53 Å². The van der Waals surface area contributed by atoms with Crippen molar-refractivity contribution in [2.45, 2.75) is 25.9 Å². The highest BCUT2D eigenvalue weighted by Gasteiger charge is 2.21. The largest absolute Gasteiger partial charge is 0.497 e. The zero-order chi connectivity index (χ0) is 17.8. The molecule has 0 spiro atoms. The number of ether oxygens (including phenoxy) is 1. The van der Waals surface area contributed by atoms with Gasteiger partial charge in [-0.05, 0) is 49.7 Å². The first kappa shape index (κ1) is 17.0. The van der Waals surface area contributed by atoms with Crippen LogP contribution in [0, 0.1) is 0 Å². The van der Waals surface area contributed by atoms with Gasteiger partial charge in [-0.3, -0.25) is 15.2 Å². The number of hydrogen-bond donors (Lipinski definition) is 3. The fourth-order valence-corrected chi connectivity index (χ4v) is 2.69. The Kier molecular flexibility index (Phi) is 5.00. The molecule has 1 unspecified atom stereocenters. The van der Waals surface area contributed by atoms with Crippen LogP contribution >= 0.6 is 0 Å². The summed E-state index contributed by atoms with van der Waals surface area (Å²) in [7, 11) is 1.62. The van der Waals surface area contributed by atoms with Crippen LogP contribution in [-0.4, -0.2) is 29.3 Å². The minimum absolute atomic E-state index is 0.110. The second-order valence-corrected chi connectivity index (χ2v) is 6.19. The Labute approximate surface area is 146 Å². The van der Waals surface area contributed by atoms with E-state index in [9.17, 15) is 4.79 Å². The number of anilines is 1. The maximum atomic E-state index is 12.8. The minimum atomic E-state index is -0.453. The lowest BCUT2D eigenvalue weighted by atomic mass is 10.0. The summed E-state index contributed by atoms with van der Waals surface area (Å²) < 4.78 is 5.19. The highest BCUT2D eigenvalue weighted by Crippen LogP contribution is 2.22. The highest BCUT2D eigenvalue weighted by molar-refractivity contribution is 5.97. The highest BCUT2D eigenvalue weighted by atomic mass is 16.5. The van der Waals surface area contributed by atoms with Gasteiger partial charge >= 0.3 is 0 Å². The summed E-state index contributed by atoms with van der Waals surface area (Å²) >= 11 is 0. The van der Waals surface area contributed by atoms with Gasteiger partial charge < -0.3 is 10.1 Å². The number of methoxy groups -OCH3 is 1. The smallest absolute Gasteiger partial charge is 0.246 e. The summed E-state index contributed by atoms with van der Waals surface area (Å²) in [5.74, 6) is 0.652. The molecule has 0 saturated carbocycles. The molecule has 0 radical (unpaired) electrons. The van der Waals surface area contributed by atoms with E-state index in [0.29, 0.717) is 0 Å². The maximum Gasteiger partial charge on any atom is 0.246 e. The number of carbonyl (C=O) groups is 1. The number of fused-ring (bicyclic) bond motifs is 1. The van der Waals surface area contributed by atoms with Gasteiger partial charge in [-0.25, -0.2) is 0 Å². The second kappa shape index (κ2) is 7.36. The lowest BCUT2D eigenvalue weighted by Crippen LogP contribution is -2.36. The topological polar surface area (TPSA) is 79.0 Å². The molecule has 6 nitrogen and oxygen atoms in total. The van der Waals surface area contributed by atoms with Gasteiger partial charge in [0.15, 0.2) is 0 Å². The van der Waals surface area contributed by atoms with Gasteiger partial charge in [-0.15, -0.1) is 0 Å². The number of aromatic amines is 1. The van der Waals surface area contributed by atoms with Crippen molar-refractivity contribution in [3.05, 3.63) is 54.2 Å². The fraction of sp³-hybridized carbons (Fsp3) is 0.263. The van der Waals surface area contributed by atoms with Gasteiger partial charge in [0.05, 0.1) is 18.8 Å². The van der Waals surface area contributed by atoms with Gasteiger partial charge in [-0.1, -0.05) is 12.1 Å². The van der Waals surface area contributed by atoms with E-state index in [1.165, 1.54) is 0 Å². The van der Waals surface area contributed by atoms with Gasteiger partial charge in [-0.2, -0.15) is 5.10 Å². The van der Waals surface area contributed by atoms with Crippen molar-refractivity contribution in [3.63, 3.8) is 0 Å². The molecule has 3 N–H and O–H groups in total. The van der Waals surface area contributed by atoms with Crippen molar-refractivity contribution in [1.82, 2.24) is 15.5 Å². The van der Waals surface area contributed by atoms with E-state index in [1.54, 1.807) is 13.3 Å². The maximum absolute atomic E-state index is 12.8. The van der Waals surface area contributed by atoms with Gasteiger partial charge in [0.2, 0.25) is 5.91 Å². The lowest BCUT2D eigenvalue weighted by Gasteiger charge is -2.21. The van der Waals surface area contributed by atoms with Crippen molar-refractivity contribution >= 4 is 22.5 Å². The summed E-state index contributed by atoms with van der Waals surface area (Å²) in [6, 6.07) is 12.9. The van der Waals surface area contributed by atoms with Crippen molar-refractivity contribution in [2.24, 2.45) is 0 Å². The van der Waals surface area contributed by atoms with Crippen LogP contribution < -0.4 is 15.4 Å². The number of carbonyl (C=O) groups excluding carboxylic acids is 1. The molecule has 2 aromatic carbocycles. The average molecular weight is 338 g/mol. The van der Waals surface area contributed by atoms with Gasteiger partial charge in [0, 0.05) is 17.1 Å². The zero-order valence-electron chi connectivity index (χ0n) is 14.5. The molecule has 3 rings (SSSR count). The third kappa shape index (κ3) is 3.97. The number of aromatic nitrogens is 2. The van der Waals surface area contributed by atoms with E-state index < -0.39 is 6.04 Å². The Bertz CT molecular complexity index is 855. The quantitative estimate of drug-likeness (QED) is 0.645. The van der Waals surface area contributed by atoms with E-state index in [1.807, 2.05) is 56.3 Å². The fourth-order valence-electron chi connectivity index (χ4n) is 2.69. The van der Waals surface area contributed by atoms with E-state index in [0.717, 1.165) is 27.9 Å². The first-order valence-corrected chi connectivity index (χ1v) is 8.21. The summed E-state index contributed by atoms with van der Waals surface area (Å²) in [5, 5.41) is 14.1. The molecule has 1 heterocycles. The number of amides is 1. The molecular weight excluding hydrogens is 316 g/mol. The molecule has 0 aliphatic rings. The van der Waals surface area contributed by atoms with Crippen LogP contribution in [0.1, 0.15) is 25.5 Å². The van der Waals surface area contributed by atoms with E-state index in [-0.39, 0.29) is 11.9 Å². The molecule has 1 amide bonds. The number of nitrogens with one attached hydrogen (secondary N) is 3. The summed E-state index contributed by atoms with van der Waals surface area (Å²) in [4.78, 5) is 12.8. The molecule has 1 aromatic heterocycles. The first-order chi connectivity index (χ1) is 12.1. The molecule has 130 valence electrons. The van der Waals surface area contributed by atoms with Crippen molar-refractivity contribution in [1.29, 1.82) is 0 Å². The number of hydrogen-bond acceptors (Lipinski definition) is 4. The second-order valence-electron chi connectivity index (χ2n) is 6.19. The van der Waals surface area contributed by atoms with Crippen molar-refractivity contribution in [3.8, 4) is 5.75 Å². The SMILES string of the molecule is COc1ccc(C(NC(C)C)C(=O)Nc2ccc3[nH]ncc3c2)cc1. The molecule has 25 heavy (non-hydrogen) atoms. The third-order valence-corrected chi connectivity index (χ3v) is 3.92. The van der Waals surface area contributed by atoms with Crippen LogP contribution in [0.2, 0.25) is 0 Å². The molecule has 6 heteroatoms. The normalized spacial score (nSPS) is 12.3. The molecule has 0 saturated heterocycles. The molecule has 0 fully saturated rings. The molecular formula is C19H22N4O2. The molecule has 3 aromatic rings. The van der Waals surface area contributed by atoms with Crippen LogP contribution in [0.3, 0.4) is 0 Å². The average Bonchev–Trinajstić information content (AvgIpc) is 3.07. The van der Waals surface area contributed by atoms with Crippen molar-refractivity contribution in [2.75, 3.05) is 12.4 Å². The van der Waals surface area contributed by atoms with Crippen LogP contribution in [0.25, 0.3) is 10.9 Å². The Balaban J connectivity index is 1.82.